The predicted octanol–water partition coefficient (Wildman–Crippen LogP) is 4.02. The maximum Gasteiger partial charge on any atom is 0.490 e. The Bertz CT molecular complexity index is 990. The molecule has 37 heavy (non-hydrogen) atoms. The van der Waals surface area contributed by atoms with E-state index in [0.717, 1.165) is 44.9 Å². The van der Waals surface area contributed by atoms with Crippen molar-refractivity contribution in [3.63, 3.8) is 0 Å². The number of furan rings is 1. The minimum atomic E-state index is -5.08. The third-order valence-electron chi connectivity index (χ3n) is 5.21. The van der Waals surface area contributed by atoms with Gasteiger partial charge in [0.2, 0.25) is 0 Å². The average molecular weight is 544 g/mol. The number of aliphatic carboxylic acids is 2. The molecule has 3 heterocycles. The third kappa shape index (κ3) is 10.3. The molecule has 2 atom stereocenters. The topological polar surface area (TPSA) is 103 Å². The normalized spacial score (nSPS) is 20.1. The van der Waals surface area contributed by atoms with E-state index in [1.54, 1.807) is 12.3 Å². The van der Waals surface area contributed by atoms with Crippen molar-refractivity contribution in [1.82, 2.24) is 9.80 Å². The van der Waals surface area contributed by atoms with Gasteiger partial charge in [0.25, 0.3) is 0 Å². The van der Waals surface area contributed by atoms with Crippen molar-refractivity contribution < 1.29 is 59.7 Å². The standard InChI is InChI=1S/C18H21FN2O2.2C2HF3O2/c19-14-3-1-4-16(9-14)23-18-10-15-11-20(6-7-21(15)13-18)12-17-5-2-8-22-17;2*3-2(4,5)1(6)7/h1-5,8-9,15,18H,6-7,10-13H2;2*(H,6,7). The molecule has 1 aromatic carbocycles. The van der Waals surface area contributed by atoms with Crippen molar-refractivity contribution in [2.75, 3.05) is 26.2 Å². The summed E-state index contributed by atoms with van der Waals surface area (Å²) in [5, 5.41) is 14.2. The fourth-order valence-electron chi connectivity index (χ4n) is 3.65. The zero-order valence-electron chi connectivity index (χ0n) is 19.0. The van der Waals surface area contributed by atoms with Crippen LogP contribution < -0.4 is 4.74 Å². The number of carboxylic acid groups (broad SMARTS) is 2. The molecule has 0 radical (unpaired) electrons. The van der Waals surface area contributed by atoms with Gasteiger partial charge in [-0.1, -0.05) is 6.07 Å². The number of rotatable bonds is 4. The number of alkyl halides is 6. The minimum absolute atomic E-state index is 0.144. The number of nitrogens with zero attached hydrogens (tertiary/aromatic N) is 2. The van der Waals surface area contributed by atoms with E-state index < -0.39 is 24.3 Å². The maximum absolute atomic E-state index is 13.3. The molecule has 2 aliphatic heterocycles. The lowest BCUT2D eigenvalue weighted by Crippen LogP contribution is -2.49. The van der Waals surface area contributed by atoms with Gasteiger partial charge < -0.3 is 19.4 Å². The van der Waals surface area contributed by atoms with E-state index >= 15 is 0 Å². The molecule has 0 amide bonds. The average Bonchev–Trinajstić information content (AvgIpc) is 3.42. The number of carboxylic acids is 2. The SMILES string of the molecule is Fc1cccc(OC2CC3CN(Cc4ccco4)CCN3C2)c1.O=C(O)C(F)(F)F.O=C(O)C(F)(F)F. The Morgan fingerprint density at radius 1 is 0.973 bits per heavy atom. The Kier molecular flexibility index (Phi) is 10.3. The van der Waals surface area contributed by atoms with Gasteiger partial charge in [0.1, 0.15) is 23.4 Å². The lowest BCUT2D eigenvalue weighted by molar-refractivity contribution is -0.193. The number of halogens is 7. The van der Waals surface area contributed by atoms with Gasteiger partial charge in [0.15, 0.2) is 0 Å². The zero-order chi connectivity index (χ0) is 27.8. The molecule has 2 saturated heterocycles. The number of piperazine rings is 1. The number of ether oxygens (including phenoxy) is 1. The highest BCUT2D eigenvalue weighted by Gasteiger charge is 2.39. The van der Waals surface area contributed by atoms with Crippen molar-refractivity contribution in [2.45, 2.75) is 37.5 Å². The molecule has 1 aromatic heterocycles. The number of benzene rings is 1. The number of fused-ring (bicyclic) bond motifs is 1. The molecule has 4 rings (SSSR count). The monoisotopic (exact) mass is 544 g/mol. The van der Waals surface area contributed by atoms with E-state index in [2.05, 4.69) is 9.80 Å². The quantitative estimate of drug-likeness (QED) is 0.557. The molecule has 15 heteroatoms. The van der Waals surface area contributed by atoms with Crippen LogP contribution in [-0.2, 0) is 16.1 Å². The van der Waals surface area contributed by atoms with Crippen molar-refractivity contribution in [3.8, 4) is 5.75 Å². The molecule has 2 fully saturated rings. The lowest BCUT2D eigenvalue weighted by Gasteiger charge is -2.36. The molecule has 2 unspecified atom stereocenters. The highest BCUT2D eigenvalue weighted by Crippen LogP contribution is 2.27. The van der Waals surface area contributed by atoms with Crippen LogP contribution in [0.4, 0.5) is 30.7 Å². The molecule has 2 N–H and O–H groups in total. The van der Waals surface area contributed by atoms with Crippen molar-refractivity contribution in [2.24, 2.45) is 0 Å². The van der Waals surface area contributed by atoms with Crippen molar-refractivity contribution in [3.05, 3.63) is 54.2 Å². The highest BCUT2D eigenvalue weighted by atomic mass is 19.4. The molecule has 0 saturated carbocycles. The molecule has 0 aliphatic carbocycles. The lowest BCUT2D eigenvalue weighted by atomic mass is 10.1. The van der Waals surface area contributed by atoms with Gasteiger partial charge in [-0.15, -0.1) is 0 Å². The van der Waals surface area contributed by atoms with Crippen LogP contribution >= 0.6 is 0 Å². The molecule has 8 nitrogen and oxygen atoms in total. The van der Waals surface area contributed by atoms with Crippen LogP contribution in [-0.4, -0.2) is 82.6 Å². The first-order valence-electron chi connectivity index (χ1n) is 10.7. The first-order valence-corrected chi connectivity index (χ1v) is 10.7. The van der Waals surface area contributed by atoms with Gasteiger partial charge in [0.05, 0.1) is 12.8 Å². The van der Waals surface area contributed by atoms with Gasteiger partial charge in [-0.2, -0.15) is 26.3 Å². The molecule has 0 bridgehead atoms. The van der Waals surface area contributed by atoms with E-state index in [1.807, 2.05) is 18.2 Å². The molecular formula is C22H23F7N2O6. The van der Waals surface area contributed by atoms with E-state index in [9.17, 15) is 30.7 Å². The second-order valence-electron chi connectivity index (χ2n) is 8.00. The van der Waals surface area contributed by atoms with Crippen LogP contribution in [0.15, 0.2) is 47.1 Å². The van der Waals surface area contributed by atoms with Gasteiger partial charge >= 0.3 is 24.3 Å². The fraction of sp³-hybridized carbons (Fsp3) is 0.455. The Morgan fingerprint density at radius 2 is 1.59 bits per heavy atom. The first-order chi connectivity index (χ1) is 17.1. The minimum Gasteiger partial charge on any atom is -0.489 e. The van der Waals surface area contributed by atoms with E-state index in [-0.39, 0.29) is 11.9 Å². The van der Waals surface area contributed by atoms with Gasteiger partial charge in [-0.3, -0.25) is 9.80 Å². The maximum atomic E-state index is 13.3. The first kappa shape index (κ1) is 29.9. The highest BCUT2D eigenvalue weighted by molar-refractivity contribution is 5.73. The number of hydrogen-bond donors (Lipinski definition) is 2. The second kappa shape index (κ2) is 12.8. The Morgan fingerprint density at radius 3 is 2.11 bits per heavy atom. The number of hydrogen-bond acceptors (Lipinski definition) is 6. The Balaban J connectivity index is 0.000000286. The fourth-order valence-corrected chi connectivity index (χ4v) is 3.65. The van der Waals surface area contributed by atoms with Crippen molar-refractivity contribution >= 4 is 11.9 Å². The Hall–Kier alpha value is -3.33. The zero-order valence-corrected chi connectivity index (χ0v) is 19.0. The van der Waals surface area contributed by atoms with E-state index in [1.165, 1.54) is 12.1 Å². The summed E-state index contributed by atoms with van der Waals surface area (Å²) in [5.74, 6) is -4.12. The summed E-state index contributed by atoms with van der Waals surface area (Å²) in [6.07, 6.45) is -7.31. The smallest absolute Gasteiger partial charge is 0.489 e. The summed E-state index contributed by atoms with van der Waals surface area (Å²) in [4.78, 5) is 22.7. The van der Waals surface area contributed by atoms with Crippen molar-refractivity contribution in [1.29, 1.82) is 0 Å². The van der Waals surface area contributed by atoms with E-state index in [4.69, 9.17) is 29.0 Å². The summed E-state index contributed by atoms with van der Waals surface area (Å²) < 4.78 is 88.1. The Labute approximate surface area is 205 Å². The molecular weight excluding hydrogens is 521 g/mol. The molecule has 0 spiro atoms. The summed E-state index contributed by atoms with van der Waals surface area (Å²) in [5.41, 5.74) is 0. The van der Waals surface area contributed by atoms with Crippen LogP contribution in [0.5, 0.6) is 5.75 Å². The van der Waals surface area contributed by atoms with Crippen LogP contribution in [0, 0.1) is 5.82 Å². The molecule has 2 aliphatic rings. The van der Waals surface area contributed by atoms with Gasteiger partial charge in [-0.05, 0) is 24.3 Å². The predicted molar refractivity (Wildman–Crippen MR) is 112 cm³/mol. The van der Waals surface area contributed by atoms with Gasteiger partial charge in [0, 0.05) is 44.7 Å². The van der Waals surface area contributed by atoms with Crippen LogP contribution in [0.25, 0.3) is 0 Å². The van der Waals surface area contributed by atoms with Crippen LogP contribution in [0.2, 0.25) is 0 Å². The van der Waals surface area contributed by atoms with Crippen LogP contribution in [0.3, 0.4) is 0 Å². The van der Waals surface area contributed by atoms with E-state index in [0.29, 0.717) is 11.8 Å². The summed E-state index contributed by atoms with van der Waals surface area (Å²) in [7, 11) is 0. The van der Waals surface area contributed by atoms with Crippen LogP contribution in [0.1, 0.15) is 12.2 Å². The second-order valence-corrected chi connectivity index (χ2v) is 8.00. The summed E-state index contributed by atoms with van der Waals surface area (Å²) in [6, 6.07) is 10.9. The number of carbonyl (C=O) groups is 2. The van der Waals surface area contributed by atoms with Gasteiger partial charge in [-0.25, -0.2) is 14.0 Å². The summed E-state index contributed by atoms with van der Waals surface area (Å²) in [6.45, 7) is 4.92. The third-order valence-corrected chi connectivity index (χ3v) is 5.21. The molecule has 2 aromatic rings. The summed E-state index contributed by atoms with van der Waals surface area (Å²) >= 11 is 0. The largest absolute Gasteiger partial charge is 0.490 e. The molecule has 206 valence electrons.